The fourth-order valence-corrected chi connectivity index (χ4v) is 7.09. The number of carboxylic acids is 2. The number of fused-ring (bicyclic) bond motifs is 1. The van der Waals surface area contributed by atoms with Crippen molar-refractivity contribution in [3.63, 3.8) is 0 Å². The Morgan fingerprint density at radius 3 is 2.34 bits per heavy atom. The van der Waals surface area contributed by atoms with Gasteiger partial charge in [-0.15, -0.1) is 0 Å². The highest BCUT2D eigenvalue weighted by molar-refractivity contribution is 7.91. The average molecular weight is 765 g/mol. The van der Waals surface area contributed by atoms with E-state index in [1.54, 1.807) is 49.5 Å². The van der Waals surface area contributed by atoms with E-state index in [2.05, 4.69) is 10.3 Å². The summed E-state index contributed by atoms with van der Waals surface area (Å²) in [4.78, 5) is 41.5. The number of pyridine rings is 1. The number of hydrogen-bond acceptors (Lipinski definition) is 10. The number of aromatic nitrogens is 1. The summed E-state index contributed by atoms with van der Waals surface area (Å²) in [5.74, 6) is -6.01. The van der Waals surface area contributed by atoms with Gasteiger partial charge in [-0.05, 0) is 60.7 Å². The number of rotatable bonds is 11. The van der Waals surface area contributed by atoms with Crippen molar-refractivity contribution in [2.45, 2.75) is 43.4 Å². The highest BCUT2D eigenvalue weighted by Gasteiger charge is 2.46. The molecule has 2 heterocycles. The molecule has 3 atom stereocenters. The molecule has 53 heavy (non-hydrogen) atoms. The molecule has 1 aliphatic rings. The smallest absolute Gasteiger partial charge is 0.490 e. The molecule has 18 heteroatoms. The van der Waals surface area contributed by atoms with E-state index in [4.69, 9.17) is 25.1 Å². The SMILES string of the molecule is CCOc1cc([C@@H](Nc2ccc3c(N)nccc3c2)C(=O)N2CC[C@H](C(=O)O)[C@@H]2c2ccccc2S(=O)(=O)CC)c(F)cc1OC.O=C(O)C(F)(F)F. The maximum absolute atomic E-state index is 15.9. The largest absolute Gasteiger partial charge is 0.493 e. The number of nitrogens with two attached hydrogens (primary N) is 1. The van der Waals surface area contributed by atoms with Crippen LogP contribution in [0.1, 0.15) is 43.5 Å². The van der Waals surface area contributed by atoms with E-state index < -0.39 is 57.7 Å². The number of carbonyl (C=O) groups excluding carboxylic acids is 1. The first-order chi connectivity index (χ1) is 24.9. The quantitative estimate of drug-likeness (QED) is 0.138. The van der Waals surface area contributed by atoms with Crippen LogP contribution in [0.15, 0.2) is 71.8 Å². The van der Waals surface area contributed by atoms with E-state index in [1.807, 2.05) is 0 Å². The molecule has 0 bridgehead atoms. The van der Waals surface area contributed by atoms with Crippen molar-refractivity contribution in [1.29, 1.82) is 0 Å². The summed E-state index contributed by atoms with van der Waals surface area (Å²) in [6.45, 7) is 3.48. The molecule has 284 valence electrons. The maximum atomic E-state index is 15.9. The molecule has 4 aromatic rings. The number of carboxylic acid groups (broad SMARTS) is 2. The zero-order valence-electron chi connectivity index (χ0n) is 28.6. The minimum atomic E-state index is -5.08. The van der Waals surface area contributed by atoms with Crippen molar-refractivity contribution in [2.24, 2.45) is 5.92 Å². The lowest BCUT2D eigenvalue weighted by atomic mass is 9.93. The van der Waals surface area contributed by atoms with Gasteiger partial charge in [0.05, 0.1) is 36.3 Å². The second-order valence-corrected chi connectivity index (χ2v) is 13.9. The average Bonchev–Trinajstić information content (AvgIpc) is 3.57. The lowest BCUT2D eigenvalue weighted by Gasteiger charge is -2.32. The topological polar surface area (TPSA) is 198 Å². The third-order valence-corrected chi connectivity index (χ3v) is 10.2. The third-order valence-electron chi connectivity index (χ3n) is 8.44. The number of amides is 1. The molecular weight excluding hydrogens is 728 g/mol. The zero-order chi connectivity index (χ0) is 39.2. The van der Waals surface area contributed by atoms with Crippen LogP contribution in [0, 0.1) is 11.7 Å². The van der Waals surface area contributed by atoms with Crippen LogP contribution in [0.5, 0.6) is 11.5 Å². The lowest BCUT2D eigenvalue weighted by Crippen LogP contribution is -2.40. The van der Waals surface area contributed by atoms with Crippen molar-refractivity contribution < 1.29 is 60.0 Å². The number of anilines is 2. The van der Waals surface area contributed by atoms with Crippen molar-refractivity contribution in [3.05, 3.63) is 83.8 Å². The minimum absolute atomic E-state index is 0.00479. The van der Waals surface area contributed by atoms with E-state index in [9.17, 15) is 36.3 Å². The van der Waals surface area contributed by atoms with Gasteiger partial charge in [0.25, 0.3) is 0 Å². The number of methoxy groups -OCH3 is 1. The van der Waals surface area contributed by atoms with Gasteiger partial charge in [-0.3, -0.25) is 9.59 Å². The van der Waals surface area contributed by atoms with Crippen LogP contribution in [0.4, 0.5) is 29.1 Å². The van der Waals surface area contributed by atoms with Gasteiger partial charge >= 0.3 is 18.1 Å². The molecule has 5 N–H and O–H groups in total. The van der Waals surface area contributed by atoms with Crippen molar-refractivity contribution in [1.82, 2.24) is 9.88 Å². The Labute approximate surface area is 301 Å². The molecule has 1 amide bonds. The van der Waals surface area contributed by atoms with Gasteiger partial charge in [0.15, 0.2) is 21.3 Å². The second-order valence-electron chi connectivity index (χ2n) is 11.6. The highest BCUT2D eigenvalue weighted by Crippen LogP contribution is 2.43. The van der Waals surface area contributed by atoms with E-state index >= 15 is 4.39 Å². The molecule has 3 aromatic carbocycles. The molecule has 0 aliphatic carbocycles. The number of benzene rings is 3. The summed E-state index contributed by atoms with van der Waals surface area (Å²) >= 11 is 0. The minimum Gasteiger partial charge on any atom is -0.493 e. The Bertz CT molecular complexity index is 2120. The number of hydrogen-bond donors (Lipinski definition) is 4. The number of halogens is 4. The molecule has 0 saturated carbocycles. The van der Waals surface area contributed by atoms with E-state index in [0.717, 1.165) is 11.5 Å². The van der Waals surface area contributed by atoms with Gasteiger partial charge in [-0.25, -0.2) is 22.6 Å². The summed E-state index contributed by atoms with van der Waals surface area (Å²) in [5, 5.41) is 21.9. The van der Waals surface area contributed by atoms with Crippen LogP contribution in [0.2, 0.25) is 0 Å². The third kappa shape index (κ3) is 8.88. The van der Waals surface area contributed by atoms with Crippen LogP contribution in [0.25, 0.3) is 10.8 Å². The van der Waals surface area contributed by atoms with Gasteiger partial charge in [0.1, 0.15) is 17.7 Å². The number of ether oxygens (including phenoxy) is 2. The zero-order valence-corrected chi connectivity index (χ0v) is 29.4. The van der Waals surface area contributed by atoms with Crippen LogP contribution in [-0.4, -0.2) is 78.6 Å². The molecule has 5 rings (SSSR count). The standard InChI is InChI=1S/C33H35FN4O7S.C2HF3O2/c1-4-45-27-17-24(25(34)18-26(27)44-3)29(37-20-10-11-21-19(16-20)12-14-36-31(21)35)32(39)38-15-13-23(33(40)41)30(38)22-8-6-7-9-28(22)46(42,43)5-2;3-2(4,5)1(6)7/h6-12,14,16-18,23,29-30,37H,4-5,13,15H2,1-3H3,(H2,35,36)(H,40,41);(H,6,7)/t23-,29+,30-;/m0./s1. The van der Waals surface area contributed by atoms with E-state index in [1.165, 1.54) is 37.1 Å². The fourth-order valence-electron chi connectivity index (χ4n) is 5.94. The number of sulfone groups is 1. The number of likely N-dealkylation sites (tertiary alicyclic amines) is 1. The first kappa shape index (κ1) is 40.1. The Morgan fingerprint density at radius 1 is 1.06 bits per heavy atom. The van der Waals surface area contributed by atoms with Gasteiger partial charge < -0.3 is 35.6 Å². The molecule has 1 saturated heterocycles. The van der Waals surface area contributed by atoms with Gasteiger partial charge in [0.2, 0.25) is 5.91 Å². The Morgan fingerprint density at radius 2 is 1.74 bits per heavy atom. The summed E-state index contributed by atoms with van der Waals surface area (Å²) in [7, 11) is -2.42. The highest BCUT2D eigenvalue weighted by atomic mass is 32.2. The number of nitrogens with zero attached hydrogens (tertiary/aromatic N) is 2. The lowest BCUT2D eigenvalue weighted by molar-refractivity contribution is -0.192. The summed E-state index contributed by atoms with van der Waals surface area (Å²) in [5.41, 5.74) is 6.59. The number of carbonyl (C=O) groups is 3. The number of aliphatic carboxylic acids is 2. The normalized spacial score (nSPS) is 16.3. The predicted molar refractivity (Wildman–Crippen MR) is 185 cm³/mol. The summed E-state index contributed by atoms with van der Waals surface area (Å²) in [6.07, 6.45) is -3.47. The van der Waals surface area contributed by atoms with Gasteiger partial charge in [-0.1, -0.05) is 25.1 Å². The Balaban J connectivity index is 0.000000815. The summed E-state index contributed by atoms with van der Waals surface area (Å²) < 4.78 is 84.9. The monoisotopic (exact) mass is 764 g/mol. The predicted octanol–water partition coefficient (Wildman–Crippen LogP) is 5.62. The second kappa shape index (κ2) is 16.4. The van der Waals surface area contributed by atoms with Gasteiger partial charge in [0, 0.05) is 35.4 Å². The van der Waals surface area contributed by atoms with Crippen molar-refractivity contribution in [2.75, 3.05) is 37.1 Å². The van der Waals surface area contributed by atoms with Gasteiger partial charge in [-0.2, -0.15) is 13.2 Å². The first-order valence-corrected chi connectivity index (χ1v) is 17.7. The number of alkyl halides is 3. The Kier molecular flexibility index (Phi) is 12.4. The molecule has 1 aromatic heterocycles. The van der Waals surface area contributed by atoms with Crippen LogP contribution >= 0.6 is 0 Å². The summed E-state index contributed by atoms with van der Waals surface area (Å²) in [6, 6.07) is 13.0. The van der Waals surface area contributed by atoms with Crippen LogP contribution in [-0.2, 0) is 24.2 Å². The molecule has 1 aliphatic heterocycles. The van der Waals surface area contributed by atoms with Crippen molar-refractivity contribution >= 4 is 50.0 Å². The van der Waals surface area contributed by atoms with E-state index in [0.29, 0.717) is 16.9 Å². The molecular formula is C35H36F4N4O9S. The van der Waals surface area contributed by atoms with E-state index in [-0.39, 0.29) is 52.8 Å². The first-order valence-electron chi connectivity index (χ1n) is 16.0. The maximum Gasteiger partial charge on any atom is 0.490 e. The van der Waals surface area contributed by atoms with Crippen molar-refractivity contribution in [3.8, 4) is 11.5 Å². The number of nitrogen functional groups attached to an aromatic ring is 1. The van der Waals surface area contributed by atoms with Crippen LogP contribution in [0.3, 0.4) is 0 Å². The molecule has 0 unspecified atom stereocenters. The molecule has 0 radical (unpaired) electrons. The fraction of sp³-hybridized carbons (Fsp3) is 0.314. The van der Waals surface area contributed by atoms with Crippen LogP contribution < -0.4 is 20.5 Å². The Hall–Kier alpha value is -5.65. The molecule has 1 fully saturated rings. The number of nitrogens with one attached hydrogen (secondary N) is 1. The molecule has 13 nitrogen and oxygen atoms in total. The molecule has 0 spiro atoms.